The van der Waals surface area contributed by atoms with Gasteiger partial charge >= 0.3 is 0 Å². The molecule has 0 radical (unpaired) electrons. The van der Waals surface area contributed by atoms with Crippen LogP contribution < -0.4 is 4.90 Å². The number of rotatable bonds is 4. The topological polar surface area (TPSA) is 62.1 Å². The molecule has 0 unspecified atom stereocenters. The van der Waals surface area contributed by atoms with E-state index in [-0.39, 0.29) is 5.75 Å². The molecule has 3 aromatic rings. The van der Waals surface area contributed by atoms with Gasteiger partial charge in [0.25, 0.3) is 0 Å². The van der Waals surface area contributed by atoms with Crippen molar-refractivity contribution in [3.8, 4) is 28.1 Å². The predicted molar refractivity (Wildman–Crippen MR) is 124 cm³/mol. The highest BCUT2D eigenvalue weighted by Gasteiger charge is 2.50. The van der Waals surface area contributed by atoms with E-state index >= 15 is 0 Å². The molecule has 2 heterocycles. The molecule has 5 nitrogen and oxygen atoms in total. The zero-order valence-corrected chi connectivity index (χ0v) is 19.1. The first-order valence-corrected chi connectivity index (χ1v) is 11.4. The molecule has 0 amide bonds. The zero-order chi connectivity index (χ0) is 23.4. The van der Waals surface area contributed by atoms with Crippen LogP contribution >= 0.6 is 0 Å². The number of hydrogen-bond acceptors (Lipinski definition) is 5. The maximum absolute atomic E-state index is 13.4. The number of fused-ring (bicyclic) bond motifs is 2. The van der Waals surface area contributed by atoms with E-state index < -0.39 is 11.9 Å². The Morgan fingerprint density at radius 1 is 0.909 bits per heavy atom. The van der Waals surface area contributed by atoms with Crippen molar-refractivity contribution in [2.75, 3.05) is 11.9 Å². The van der Waals surface area contributed by atoms with Crippen molar-refractivity contribution in [3.63, 3.8) is 0 Å². The van der Waals surface area contributed by atoms with Gasteiger partial charge in [-0.25, -0.2) is 0 Å². The van der Waals surface area contributed by atoms with Gasteiger partial charge in [0.2, 0.25) is 11.9 Å². The Kier molecular flexibility index (Phi) is 5.10. The molecule has 2 aromatic heterocycles. The fraction of sp³-hybridized carbons (Fsp3) is 0.423. The van der Waals surface area contributed by atoms with E-state index in [2.05, 4.69) is 41.0 Å². The van der Waals surface area contributed by atoms with Crippen molar-refractivity contribution in [1.82, 2.24) is 15.2 Å². The summed E-state index contributed by atoms with van der Waals surface area (Å²) in [6.45, 7) is 4.82. The van der Waals surface area contributed by atoms with Crippen LogP contribution in [0.2, 0.25) is 0 Å². The van der Waals surface area contributed by atoms with Gasteiger partial charge in [-0.15, -0.1) is 10.2 Å². The highest BCUT2D eigenvalue weighted by Crippen LogP contribution is 2.58. The van der Waals surface area contributed by atoms with Gasteiger partial charge in [-0.1, -0.05) is 19.9 Å². The second-order valence-electron chi connectivity index (χ2n) is 10.5. The number of phenols is 1. The molecule has 3 atom stereocenters. The molecule has 0 spiro atoms. The smallest absolute Gasteiger partial charge is 0.216 e. The van der Waals surface area contributed by atoms with Gasteiger partial charge in [-0.3, -0.25) is 0 Å². The first kappa shape index (κ1) is 21.7. The standard InChI is InChI=1S/C26H28F2N4O/c1-25-8-9-26(2,15-25)14-18(13-25)32(3)24-7-6-20(30-31-24)19-5-4-16(10-21(19)33)17-11-22(27)29-23(28)12-17/h4-7,10-12,18,33H,8-9,13-15H2,1-3H3/t18-,25-,26+. The number of anilines is 1. The molecule has 172 valence electrons. The maximum Gasteiger partial charge on any atom is 0.216 e. The Balaban J connectivity index is 1.36. The van der Waals surface area contributed by atoms with Crippen molar-refractivity contribution < 1.29 is 13.9 Å². The van der Waals surface area contributed by atoms with Crippen molar-refractivity contribution in [2.24, 2.45) is 10.8 Å². The Hall–Kier alpha value is -3.09. The number of nitrogens with zero attached hydrogens (tertiary/aromatic N) is 4. The normalized spacial score (nSPS) is 26.4. The molecule has 33 heavy (non-hydrogen) atoms. The highest BCUT2D eigenvalue weighted by atomic mass is 19.1. The summed E-state index contributed by atoms with van der Waals surface area (Å²) >= 11 is 0. The number of aromatic nitrogens is 3. The fourth-order valence-corrected chi connectivity index (χ4v) is 6.05. The lowest BCUT2D eigenvalue weighted by molar-refractivity contribution is 0.148. The molecular formula is C26H28F2N4O. The van der Waals surface area contributed by atoms with Gasteiger partial charge in [-0.2, -0.15) is 13.8 Å². The van der Waals surface area contributed by atoms with Crippen LogP contribution in [0.25, 0.3) is 22.4 Å². The molecule has 0 aliphatic heterocycles. The Morgan fingerprint density at radius 3 is 2.15 bits per heavy atom. The lowest BCUT2D eigenvalue weighted by Crippen LogP contribution is -2.42. The van der Waals surface area contributed by atoms with Crippen molar-refractivity contribution in [2.45, 2.75) is 52.0 Å². The summed E-state index contributed by atoms with van der Waals surface area (Å²) in [5.74, 6) is -1.04. The first-order chi connectivity index (χ1) is 15.6. The van der Waals surface area contributed by atoms with Crippen LogP contribution in [0.3, 0.4) is 0 Å². The summed E-state index contributed by atoms with van der Waals surface area (Å²) in [5, 5.41) is 19.4. The predicted octanol–water partition coefficient (Wildman–Crippen LogP) is 5.98. The minimum Gasteiger partial charge on any atom is -0.507 e. The lowest BCUT2D eigenvalue weighted by atomic mass is 9.68. The maximum atomic E-state index is 13.4. The molecule has 2 aliphatic rings. The van der Waals surface area contributed by atoms with E-state index in [1.54, 1.807) is 12.1 Å². The number of benzene rings is 1. The number of phenolic OH excluding ortho intramolecular Hbond substituents is 1. The number of hydrogen-bond donors (Lipinski definition) is 1. The summed E-state index contributed by atoms with van der Waals surface area (Å²) < 4.78 is 26.9. The molecule has 5 rings (SSSR count). The van der Waals surface area contributed by atoms with Crippen molar-refractivity contribution in [1.29, 1.82) is 0 Å². The summed E-state index contributed by atoms with van der Waals surface area (Å²) in [7, 11) is 2.09. The van der Waals surface area contributed by atoms with E-state index in [4.69, 9.17) is 0 Å². The van der Waals surface area contributed by atoms with E-state index in [0.717, 1.165) is 18.0 Å². The van der Waals surface area contributed by atoms with Gasteiger partial charge in [0.15, 0.2) is 5.82 Å². The monoisotopic (exact) mass is 450 g/mol. The average molecular weight is 451 g/mol. The molecule has 0 saturated heterocycles. The molecule has 7 heteroatoms. The molecule has 1 aromatic carbocycles. The van der Waals surface area contributed by atoms with Gasteiger partial charge in [0, 0.05) is 30.8 Å². The van der Waals surface area contributed by atoms with Crippen LogP contribution in [-0.4, -0.2) is 33.4 Å². The van der Waals surface area contributed by atoms with Crippen LogP contribution in [0.4, 0.5) is 14.6 Å². The second-order valence-corrected chi connectivity index (χ2v) is 10.5. The van der Waals surface area contributed by atoms with Gasteiger partial charge in [0.1, 0.15) is 5.75 Å². The Bertz CT molecular complexity index is 1160. The minimum absolute atomic E-state index is 0.0368. The highest BCUT2D eigenvalue weighted by molar-refractivity contribution is 5.74. The van der Waals surface area contributed by atoms with Gasteiger partial charge < -0.3 is 10.0 Å². The van der Waals surface area contributed by atoms with E-state index in [0.29, 0.717) is 39.3 Å². The first-order valence-electron chi connectivity index (χ1n) is 11.4. The summed E-state index contributed by atoms with van der Waals surface area (Å²) in [6, 6.07) is 11.3. The largest absolute Gasteiger partial charge is 0.507 e. The zero-order valence-electron chi connectivity index (χ0n) is 19.1. The number of halogens is 2. The molecule has 2 bridgehead atoms. The van der Waals surface area contributed by atoms with Gasteiger partial charge in [0.05, 0.1) is 5.69 Å². The summed E-state index contributed by atoms with van der Waals surface area (Å²) in [4.78, 5) is 5.35. The van der Waals surface area contributed by atoms with Gasteiger partial charge in [-0.05, 0) is 78.3 Å². The SMILES string of the molecule is CN(c1ccc(-c2ccc(-c3cc(F)nc(F)c3)cc2O)nn1)[C@H]1C[C@]2(C)CC[C@](C)(C1)C2. The van der Waals surface area contributed by atoms with Crippen molar-refractivity contribution in [3.05, 3.63) is 54.4 Å². The Morgan fingerprint density at radius 2 is 1.58 bits per heavy atom. The van der Waals surface area contributed by atoms with Crippen LogP contribution in [0.1, 0.15) is 46.0 Å². The molecule has 2 fully saturated rings. The van der Waals surface area contributed by atoms with E-state index in [1.807, 2.05) is 12.1 Å². The average Bonchev–Trinajstić information content (AvgIpc) is 2.99. The second kappa shape index (κ2) is 7.75. The third kappa shape index (κ3) is 4.16. The van der Waals surface area contributed by atoms with Crippen LogP contribution in [0.5, 0.6) is 5.75 Å². The summed E-state index contributed by atoms with van der Waals surface area (Å²) in [5.41, 5.74) is 2.64. The van der Waals surface area contributed by atoms with E-state index in [1.165, 1.54) is 38.2 Å². The molecule has 2 aliphatic carbocycles. The lowest BCUT2D eigenvalue weighted by Gasteiger charge is -2.44. The van der Waals surface area contributed by atoms with Crippen LogP contribution in [0.15, 0.2) is 42.5 Å². The molecule has 1 N–H and O–H groups in total. The Labute approximate surface area is 192 Å². The fourth-order valence-electron chi connectivity index (χ4n) is 6.05. The summed E-state index contributed by atoms with van der Waals surface area (Å²) in [6.07, 6.45) is 6.24. The van der Waals surface area contributed by atoms with Crippen LogP contribution in [0, 0.1) is 22.7 Å². The quantitative estimate of drug-likeness (QED) is 0.495. The third-order valence-electron chi connectivity index (χ3n) is 7.57. The minimum atomic E-state index is -0.909. The number of pyridine rings is 1. The number of aromatic hydroxyl groups is 1. The molecular weight excluding hydrogens is 422 g/mol. The van der Waals surface area contributed by atoms with Crippen molar-refractivity contribution >= 4 is 5.82 Å². The third-order valence-corrected chi connectivity index (χ3v) is 7.57. The molecule has 2 saturated carbocycles. The van der Waals surface area contributed by atoms with Crippen LogP contribution in [-0.2, 0) is 0 Å². The van der Waals surface area contributed by atoms with E-state index in [9.17, 15) is 13.9 Å².